The van der Waals surface area contributed by atoms with Crippen LogP contribution in [0.25, 0.3) is 0 Å². The lowest BCUT2D eigenvalue weighted by molar-refractivity contribution is 0.399. The van der Waals surface area contributed by atoms with Crippen LogP contribution in [0.3, 0.4) is 0 Å². The maximum atomic E-state index is 11.6. The second-order valence-electron chi connectivity index (χ2n) is 3.23. The molecule has 0 heterocycles. The topological polar surface area (TPSA) is 43.4 Å². The molecule has 8 radical (unpaired) electrons. The molecule has 0 N–H and O–H groups in total. The van der Waals surface area contributed by atoms with Gasteiger partial charge >= 0.3 is 0 Å². The van der Waals surface area contributed by atoms with Crippen LogP contribution in [0.5, 0.6) is 0 Å². The van der Waals surface area contributed by atoms with E-state index in [0.29, 0.717) is 5.56 Å². The van der Waals surface area contributed by atoms with Crippen molar-refractivity contribution in [2.24, 2.45) is 0 Å². The molecular formula is C8H6B4O3S. The summed E-state index contributed by atoms with van der Waals surface area (Å²) in [4.78, 5) is -0.379. The number of benzene rings is 1. The maximum absolute atomic E-state index is 11.6. The Kier molecular flexibility index (Phi) is 3.65. The highest BCUT2D eigenvalue weighted by Crippen LogP contribution is 2.04. The Bertz CT molecular complexity index is 510. The Morgan fingerprint density at radius 1 is 0.938 bits per heavy atom. The quantitative estimate of drug-likeness (QED) is 0.388. The molecule has 0 fully saturated rings. The molecule has 0 saturated carbocycles. The molecule has 0 aliphatic carbocycles. The SMILES string of the molecule is [B]c1c([B])c(S(=O)(=O)OC)c([B])c([B])c1C. The van der Waals surface area contributed by atoms with Crippen molar-refractivity contribution in [2.45, 2.75) is 11.8 Å². The lowest BCUT2D eigenvalue weighted by Crippen LogP contribution is -2.47. The van der Waals surface area contributed by atoms with Gasteiger partial charge in [-0.1, -0.05) is 27.4 Å². The van der Waals surface area contributed by atoms with Crippen LogP contribution >= 0.6 is 0 Å². The molecule has 0 bridgehead atoms. The van der Waals surface area contributed by atoms with Crippen molar-refractivity contribution in [3.8, 4) is 0 Å². The molecule has 0 aliphatic rings. The molecular weight excluding hydrogens is 219 g/mol. The molecule has 1 aromatic carbocycles. The molecule has 0 saturated heterocycles. The molecule has 74 valence electrons. The van der Waals surface area contributed by atoms with Gasteiger partial charge in [0.05, 0.1) is 12.0 Å². The van der Waals surface area contributed by atoms with Gasteiger partial charge in [0, 0.05) is 0 Å². The van der Waals surface area contributed by atoms with Crippen LogP contribution < -0.4 is 21.9 Å². The highest BCUT2D eigenvalue weighted by molar-refractivity contribution is 7.87. The third-order valence-corrected chi connectivity index (χ3v) is 3.73. The van der Waals surface area contributed by atoms with Gasteiger partial charge in [-0.3, -0.25) is 4.18 Å². The molecule has 0 unspecified atom stereocenters. The summed E-state index contributed by atoms with van der Waals surface area (Å²) in [6.45, 7) is 1.60. The fourth-order valence-electron chi connectivity index (χ4n) is 1.29. The Labute approximate surface area is 101 Å². The summed E-state index contributed by atoms with van der Waals surface area (Å²) in [7, 11) is 19.4. The van der Waals surface area contributed by atoms with E-state index in [1.165, 1.54) is 0 Å². The zero-order valence-electron chi connectivity index (χ0n) is 8.94. The van der Waals surface area contributed by atoms with E-state index >= 15 is 0 Å². The smallest absolute Gasteiger partial charge is 0.270 e. The van der Waals surface area contributed by atoms with Gasteiger partial charge in [-0.15, -0.1) is 0 Å². The Morgan fingerprint density at radius 2 is 1.31 bits per heavy atom. The number of hydrogen-bond donors (Lipinski definition) is 0. The van der Waals surface area contributed by atoms with E-state index in [-0.39, 0.29) is 26.7 Å². The summed E-state index contributed by atoms with van der Waals surface area (Å²) in [6, 6.07) is 0. The lowest BCUT2D eigenvalue weighted by atomic mass is 9.67. The molecule has 16 heavy (non-hydrogen) atoms. The van der Waals surface area contributed by atoms with Gasteiger partial charge in [-0.05, 0) is 6.92 Å². The molecule has 1 aromatic rings. The first-order valence-electron chi connectivity index (χ1n) is 4.27. The lowest BCUT2D eigenvalue weighted by Gasteiger charge is -2.19. The highest BCUT2D eigenvalue weighted by Gasteiger charge is 2.21. The second-order valence-corrected chi connectivity index (χ2v) is 4.88. The predicted octanol–water partition coefficient (Wildman–Crippen LogP) is -3.49. The van der Waals surface area contributed by atoms with Crippen LogP contribution in [0.15, 0.2) is 4.90 Å². The molecule has 1 rings (SSSR count). The highest BCUT2D eigenvalue weighted by atomic mass is 32.2. The average molecular weight is 225 g/mol. The maximum Gasteiger partial charge on any atom is 0.295 e. The van der Waals surface area contributed by atoms with Gasteiger partial charge in [0.25, 0.3) is 10.1 Å². The van der Waals surface area contributed by atoms with Crippen molar-refractivity contribution in [1.29, 1.82) is 0 Å². The molecule has 0 amide bonds. The average Bonchev–Trinajstić information content (AvgIpc) is 2.23. The van der Waals surface area contributed by atoms with E-state index in [2.05, 4.69) is 4.18 Å². The fourth-order valence-corrected chi connectivity index (χ4v) is 2.22. The van der Waals surface area contributed by atoms with Crippen molar-refractivity contribution in [3.63, 3.8) is 0 Å². The Balaban J connectivity index is 3.79. The third-order valence-electron chi connectivity index (χ3n) is 2.35. The van der Waals surface area contributed by atoms with Crippen molar-refractivity contribution in [1.82, 2.24) is 0 Å². The van der Waals surface area contributed by atoms with Gasteiger partial charge in [-0.25, -0.2) is 0 Å². The van der Waals surface area contributed by atoms with E-state index in [4.69, 9.17) is 31.4 Å². The van der Waals surface area contributed by atoms with Gasteiger partial charge in [0.2, 0.25) is 0 Å². The minimum atomic E-state index is -4.03. The van der Waals surface area contributed by atoms with Crippen LogP contribution in [-0.2, 0) is 14.3 Å². The summed E-state index contributed by atoms with van der Waals surface area (Å²) in [6.07, 6.45) is 0. The Morgan fingerprint density at radius 3 is 1.62 bits per heavy atom. The fraction of sp³-hybridized carbons (Fsp3) is 0.250. The van der Waals surface area contributed by atoms with E-state index in [9.17, 15) is 8.42 Å². The zero-order valence-corrected chi connectivity index (χ0v) is 9.76. The second kappa shape index (κ2) is 4.34. The van der Waals surface area contributed by atoms with Crippen molar-refractivity contribution >= 4 is 63.4 Å². The summed E-state index contributed by atoms with van der Waals surface area (Å²) in [5.74, 6) is 0. The number of rotatable bonds is 2. The van der Waals surface area contributed by atoms with Crippen molar-refractivity contribution in [3.05, 3.63) is 5.56 Å². The zero-order chi connectivity index (χ0) is 12.7. The van der Waals surface area contributed by atoms with Gasteiger partial charge in [0.1, 0.15) is 31.4 Å². The summed E-state index contributed by atoms with van der Waals surface area (Å²) < 4.78 is 27.5. The molecule has 0 spiro atoms. The minimum Gasteiger partial charge on any atom is -0.270 e. The first-order chi connectivity index (χ1) is 7.24. The van der Waals surface area contributed by atoms with Gasteiger partial charge in [-0.2, -0.15) is 8.42 Å². The van der Waals surface area contributed by atoms with Crippen LogP contribution in [0.4, 0.5) is 0 Å². The molecule has 0 aromatic heterocycles. The van der Waals surface area contributed by atoms with E-state index in [0.717, 1.165) is 7.11 Å². The van der Waals surface area contributed by atoms with E-state index in [1.54, 1.807) is 6.92 Å². The number of hydrogen-bond acceptors (Lipinski definition) is 3. The monoisotopic (exact) mass is 226 g/mol. The third kappa shape index (κ3) is 1.96. The van der Waals surface area contributed by atoms with Gasteiger partial charge in [0.15, 0.2) is 0 Å². The van der Waals surface area contributed by atoms with Crippen molar-refractivity contribution < 1.29 is 12.6 Å². The summed E-state index contributed by atoms with van der Waals surface area (Å²) in [5.41, 5.74) is 0.326. The standard InChI is InChI=1S/C8H6B4O3S/c1-3-4(9)6(11)8(7(12)5(3)10)16(13,14)15-2/h1-2H3. The molecule has 8 heteroatoms. The first-order valence-corrected chi connectivity index (χ1v) is 5.68. The predicted molar refractivity (Wildman–Crippen MR) is 66.9 cm³/mol. The van der Waals surface area contributed by atoms with Crippen molar-refractivity contribution in [2.75, 3.05) is 7.11 Å². The van der Waals surface area contributed by atoms with Gasteiger partial charge < -0.3 is 0 Å². The van der Waals surface area contributed by atoms with E-state index in [1.807, 2.05) is 0 Å². The molecule has 0 aliphatic heterocycles. The Hall–Kier alpha value is -0.610. The van der Waals surface area contributed by atoms with E-state index < -0.39 is 10.1 Å². The molecule has 0 atom stereocenters. The van der Waals surface area contributed by atoms with Crippen LogP contribution in [0, 0.1) is 6.92 Å². The first kappa shape index (κ1) is 13.5. The van der Waals surface area contributed by atoms with Crippen LogP contribution in [0.1, 0.15) is 5.56 Å². The van der Waals surface area contributed by atoms with Crippen LogP contribution in [0.2, 0.25) is 0 Å². The van der Waals surface area contributed by atoms with Crippen LogP contribution in [-0.4, -0.2) is 46.9 Å². The summed E-state index contributed by atoms with van der Waals surface area (Å²) in [5, 5.41) is 0. The largest absolute Gasteiger partial charge is 0.295 e. The minimum absolute atomic E-state index is 0.0855. The molecule has 3 nitrogen and oxygen atoms in total. The summed E-state index contributed by atoms with van der Waals surface area (Å²) >= 11 is 0. The normalized spacial score (nSPS) is 11.6.